The van der Waals surface area contributed by atoms with Gasteiger partial charge in [-0.05, 0) is 43.0 Å². The van der Waals surface area contributed by atoms with Crippen LogP contribution in [0.2, 0.25) is 0 Å². The molecular weight excluding hydrogens is 222 g/mol. The molecule has 0 spiro atoms. The Bertz CT molecular complexity index is 320. The van der Waals surface area contributed by atoms with Crippen molar-refractivity contribution in [3.8, 4) is 5.75 Å². The largest absolute Gasteiger partial charge is 0.497 e. The van der Waals surface area contributed by atoms with E-state index in [0.29, 0.717) is 6.04 Å². The van der Waals surface area contributed by atoms with Crippen LogP contribution in [-0.2, 0) is 0 Å². The topological polar surface area (TPSA) is 21.3 Å². The maximum Gasteiger partial charge on any atom is 0.118 e. The molecule has 0 aliphatic rings. The summed E-state index contributed by atoms with van der Waals surface area (Å²) in [5.41, 5.74) is 1.35. The van der Waals surface area contributed by atoms with Crippen molar-refractivity contribution in [3.05, 3.63) is 29.8 Å². The Labute approximate surface area is 112 Å². The highest BCUT2D eigenvalue weighted by atomic mass is 16.5. The van der Waals surface area contributed by atoms with E-state index >= 15 is 0 Å². The number of nitrogens with one attached hydrogen (secondary N) is 1. The van der Waals surface area contributed by atoms with Crippen molar-refractivity contribution in [2.75, 3.05) is 13.7 Å². The van der Waals surface area contributed by atoms with E-state index in [2.05, 4.69) is 38.2 Å². The molecule has 102 valence electrons. The first-order valence-electron chi connectivity index (χ1n) is 7.08. The molecule has 2 atom stereocenters. The van der Waals surface area contributed by atoms with Crippen LogP contribution in [0.5, 0.6) is 5.75 Å². The quantitative estimate of drug-likeness (QED) is 0.746. The monoisotopic (exact) mass is 249 g/mol. The first-order valence-corrected chi connectivity index (χ1v) is 7.08. The molecule has 2 heteroatoms. The average molecular weight is 249 g/mol. The molecule has 0 saturated carbocycles. The second-order valence-electron chi connectivity index (χ2n) is 5.04. The van der Waals surface area contributed by atoms with Gasteiger partial charge in [-0.2, -0.15) is 0 Å². The van der Waals surface area contributed by atoms with Crippen molar-refractivity contribution in [1.29, 1.82) is 0 Å². The van der Waals surface area contributed by atoms with Crippen LogP contribution in [0, 0.1) is 5.92 Å². The van der Waals surface area contributed by atoms with Gasteiger partial charge >= 0.3 is 0 Å². The normalized spacial score (nSPS) is 14.2. The van der Waals surface area contributed by atoms with Gasteiger partial charge in [-0.1, -0.05) is 39.3 Å². The van der Waals surface area contributed by atoms with E-state index in [9.17, 15) is 0 Å². The van der Waals surface area contributed by atoms with Gasteiger partial charge in [0.25, 0.3) is 0 Å². The fourth-order valence-electron chi connectivity index (χ4n) is 2.27. The van der Waals surface area contributed by atoms with Gasteiger partial charge in [0.2, 0.25) is 0 Å². The van der Waals surface area contributed by atoms with Crippen LogP contribution in [0.15, 0.2) is 24.3 Å². The van der Waals surface area contributed by atoms with Crippen LogP contribution in [-0.4, -0.2) is 13.7 Å². The summed E-state index contributed by atoms with van der Waals surface area (Å²) in [5.74, 6) is 1.68. The summed E-state index contributed by atoms with van der Waals surface area (Å²) in [6.07, 6.45) is 3.68. The molecule has 1 aromatic rings. The van der Waals surface area contributed by atoms with Crippen LogP contribution >= 0.6 is 0 Å². The first-order chi connectivity index (χ1) is 8.71. The Morgan fingerprint density at radius 3 is 2.33 bits per heavy atom. The van der Waals surface area contributed by atoms with Gasteiger partial charge in [-0.3, -0.25) is 0 Å². The van der Waals surface area contributed by atoms with Crippen molar-refractivity contribution >= 4 is 0 Å². The van der Waals surface area contributed by atoms with Gasteiger partial charge in [-0.25, -0.2) is 0 Å². The predicted octanol–water partition coefficient (Wildman–Crippen LogP) is 4.17. The number of ether oxygens (including phenoxy) is 1. The highest BCUT2D eigenvalue weighted by Crippen LogP contribution is 2.20. The zero-order valence-corrected chi connectivity index (χ0v) is 12.2. The average Bonchev–Trinajstić information content (AvgIpc) is 2.40. The third kappa shape index (κ3) is 4.69. The minimum absolute atomic E-state index is 0.454. The maximum atomic E-state index is 5.19. The standard InChI is InChI=1S/C16H27NO/c1-5-7-13(3)12-17-16(6-2)14-8-10-15(18-4)11-9-14/h8-11,13,16-17H,5-7,12H2,1-4H3. The molecule has 2 unspecified atom stereocenters. The van der Waals surface area contributed by atoms with Crippen molar-refractivity contribution in [3.63, 3.8) is 0 Å². The third-order valence-electron chi connectivity index (χ3n) is 3.42. The second kappa shape index (κ2) is 8.15. The number of benzene rings is 1. The molecule has 2 nitrogen and oxygen atoms in total. The molecule has 0 saturated heterocycles. The van der Waals surface area contributed by atoms with E-state index in [1.807, 2.05) is 12.1 Å². The molecule has 0 heterocycles. The van der Waals surface area contributed by atoms with Gasteiger partial charge < -0.3 is 10.1 Å². The van der Waals surface area contributed by atoms with Gasteiger partial charge in [0.05, 0.1) is 7.11 Å². The number of methoxy groups -OCH3 is 1. The minimum Gasteiger partial charge on any atom is -0.497 e. The van der Waals surface area contributed by atoms with Gasteiger partial charge in [-0.15, -0.1) is 0 Å². The Morgan fingerprint density at radius 1 is 1.17 bits per heavy atom. The molecule has 0 amide bonds. The number of rotatable bonds is 8. The van der Waals surface area contributed by atoms with Gasteiger partial charge in [0, 0.05) is 6.04 Å². The van der Waals surface area contributed by atoms with Gasteiger partial charge in [0.1, 0.15) is 5.75 Å². The Hall–Kier alpha value is -1.02. The summed E-state index contributed by atoms with van der Waals surface area (Å²) < 4.78 is 5.19. The van der Waals surface area contributed by atoms with E-state index in [1.54, 1.807) is 7.11 Å². The van der Waals surface area contributed by atoms with Crippen molar-refractivity contribution < 1.29 is 4.74 Å². The molecule has 18 heavy (non-hydrogen) atoms. The smallest absolute Gasteiger partial charge is 0.118 e. The minimum atomic E-state index is 0.454. The zero-order valence-electron chi connectivity index (χ0n) is 12.2. The molecule has 1 N–H and O–H groups in total. The van der Waals surface area contributed by atoms with Crippen LogP contribution in [0.4, 0.5) is 0 Å². The van der Waals surface area contributed by atoms with E-state index in [-0.39, 0.29) is 0 Å². The summed E-state index contributed by atoms with van der Waals surface area (Å²) >= 11 is 0. The Balaban J connectivity index is 2.53. The van der Waals surface area contributed by atoms with Crippen LogP contribution in [0.3, 0.4) is 0 Å². The maximum absolute atomic E-state index is 5.19. The van der Waals surface area contributed by atoms with Crippen LogP contribution < -0.4 is 10.1 Å². The molecule has 0 fully saturated rings. The summed E-state index contributed by atoms with van der Waals surface area (Å²) in [5, 5.41) is 3.67. The SMILES string of the molecule is CCCC(C)CNC(CC)c1ccc(OC)cc1. The molecular formula is C16H27NO. The molecule has 0 radical (unpaired) electrons. The lowest BCUT2D eigenvalue weighted by molar-refractivity contribution is 0.412. The number of hydrogen-bond donors (Lipinski definition) is 1. The Morgan fingerprint density at radius 2 is 1.83 bits per heavy atom. The van der Waals surface area contributed by atoms with Gasteiger partial charge in [0.15, 0.2) is 0 Å². The van der Waals surface area contributed by atoms with E-state index in [0.717, 1.165) is 24.6 Å². The van der Waals surface area contributed by atoms with E-state index < -0.39 is 0 Å². The molecule has 0 aliphatic heterocycles. The summed E-state index contributed by atoms with van der Waals surface area (Å²) in [7, 11) is 1.71. The van der Waals surface area contributed by atoms with Crippen LogP contribution in [0.1, 0.15) is 51.6 Å². The fourth-order valence-corrected chi connectivity index (χ4v) is 2.27. The summed E-state index contributed by atoms with van der Waals surface area (Å²) in [6.45, 7) is 7.89. The summed E-state index contributed by atoms with van der Waals surface area (Å²) in [6, 6.07) is 8.84. The van der Waals surface area contributed by atoms with Crippen molar-refractivity contribution in [1.82, 2.24) is 5.32 Å². The first kappa shape index (κ1) is 15.0. The third-order valence-corrected chi connectivity index (χ3v) is 3.42. The highest BCUT2D eigenvalue weighted by Gasteiger charge is 2.10. The van der Waals surface area contributed by atoms with Crippen LogP contribution in [0.25, 0.3) is 0 Å². The molecule has 0 aliphatic carbocycles. The lowest BCUT2D eigenvalue weighted by Crippen LogP contribution is -2.26. The lowest BCUT2D eigenvalue weighted by atomic mass is 10.0. The predicted molar refractivity (Wildman–Crippen MR) is 78.1 cm³/mol. The lowest BCUT2D eigenvalue weighted by Gasteiger charge is -2.20. The molecule has 1 rings (SSSR count). The molecule has 1 aromatic carbocycles. The fraction of sp³-hybridized carbons (Fsp3) is 0.625. The Kier molecular flexibility index (Phi) is 6.81. The van der Waals surface area contributed by atoms with Crippen molar-refractivity contribution in [2.24, 2.45) is 5.92 Å². The number of hydrogen-bond acceptors (Lipinski definition) is 2. The molecule has 0 bridgehead atoms. The second-order valence-corrected chi connectivity index (χ2v) is 5.04. The zero-order chi connectivity index (χ0) is 13.4. The molecule has 0 aromatic heterocycles. The van der Waals surface area contributed by atoms with E-state index in [1.165, 1.54) is 18.4 Å². The highest BCUT2D eigenvalue weighted by molar-refractivity contribution is 5.29. The van der Waals surface area contributed by atoms with E-state index in [4.69, 9.17) is 4.74 Å². The summed E-state index contributed by atoms with van der Waals surface area (Å²) in [4.78, 5) is 0. The van der Waals surface area contributed by atoms with Crippen molar-refractivity contribution in [2.45, 2.75) is 46.1 Å².